The number of amides is 1. The summed E-state index contributed by atoms with van der Waals surface area (Å²) in [6.07, 6.45) is 0. The number of rotatable bonds is 2. The molecule has 2 aromatic carbocycles. The molecule has 0 radical (unpaired) electrons. The summed E-state index contributed by atoms with van der Waals surface area (Å²) in [5.74, 6) is -0.159. The molecule has 0 aromatic heterocycles. The predicted molar refractivity (Wildman–Crippen MR) is 99.7 cm³/mol. The number of para-hydroxylation sites is 1. The van der Waals surface area contributed by atoms with Gasteiger partial charge in [-0.05, 0) is 35.2 Å². The van der Waals surface area contributed by atoms with Crippen LogP contribution >= 0.6 is 0 Å². The minimum Gasteiger partial charge on any atom is -0.366 e. The topological polar surface area (TPSA) is 23.6 Å². The van der Waals surface area contributed by atoms with Crippen molar-refractivity contribution >= 4 is 11.6 Å². The fourth-order valence-corrected chi connectivity index (χ4v) is 3.15. The monoisotopic (exact) mass is 340 g/mol. The summed E-state index contributed by atoms with van der Waals surface area (Å²) in [4.78, 5) is 16.6. The van der Waals surface area contributed by atoms with E-state index in [2.05, 4.69) is 20.8 Å². The minimum absolute atomic E-state index is 0.0497. The van der Waals surface area contributed by atoms with E-state index in [1.807, 2.05) is 40.1 Å². The Kier molecular flexibility index (Phi) is 4.80. The largest absolute Gasteiger partial charge is 0.366 e. The van der Waals surface area contributed by atoms with Crippen LogP contribution in [-0.2, 0) is 5.41 Å². The zero-order valence-corrected chi connectivity index (χ0v) is 15.1. The lowest BCUT2D eigenvalue weighted by Crippen LogP contribution is -2.49. The van der Waals surface area contributed by atoms with Gasteiger partial charge in [-0.2, -0.15) is 0 Å². The maximum atomic E-state index is 13.9. The van der Waals surface area contributed by atoms with E-state index in [4.69, 9.17) is 0 Å². The third-order valence-corrected chi connectivity index (χ3v) is 4.76. The smallest absolute Gasteiger partial charge is 0.253 e. The van der Waals surface area contributed by atoms with E-state index in [-0.39, 0.29) is 17.1 Å². The molecule has 132 valence electrons. The summed E-state index contributed by atoms with van der Waals surface area (Å²) in [5.41, 5.74) is 2.62. The van der Waals surface area contributed by atoms with Gasteiger partial charge in [0.25, 0.3) is 5.91 Å². The van der Waals surface area contributed by atoms with Gasteiger partial charge in [-0.15, -0.1) is 0 Å². The molecule has 0 N–H and O–H groups in total. The van der Waals surface area contributed by atoms with Crippen LogP contribution in [0.3, 0.4) is 0 Å². The van der Waals surface area contributed by atoms with Crippen LogP contribution in [0.25, 0.3) is 0 Å². The highest BCUT2D eigenvalue weighted by Gasteiger charge is 2.24. The second kappa shape index (κ2) is 6.87. The Labute approximate surface area is 149 Å². The minimum atomic E-state index is -0.208. The molecule has 1 heterocycles. The molecule has 3 nitrogen and oxygen atoms in total. The molecule has 0 unspecified atom stereocenters. The highest BCUT2D eigenvalue weighted by molar-refractivity contribution is 5.94. The quantitative estimate of drug-likeness (QED) is 0.822. The Morgan fingerprint density at radius 3 is 2.08 bits per heavy atom. The van der Waals surface area contributed by atoms with Crippen molar-refractivity contribution in [3.05, 3.63) is 65.5 Å². The lowest BCUT2D eigenvalue weighted by atomic mass is 9.86. The Bertz CT molecular complexity index is 741. The molecule has 0 atom stereocenters. The number of nitrogens with zero attached hydrogens (tertiary/aromatic N) is 2. The van der Waals surface area contributed by atoms with Crippen LogP contribution < -0.4 is 4.90 Å². The molecule has 2 aromatic rings. The Hall–Kier alpha value is -2.36. The van der Waals surface area contributed by atoms with E-state index in [1.54, 1.807) is 12.1 Å². The average molecular weight is 340 g/mol. The molecule has 0 spiro atoms. The van der Waals surface area contributed by atoms with Gasteiger partial charge in [-0.25, -0.2) is 4.39 Å². The van der Waals surface area contributed by atoms with Crippen LogP contribution in [-0.4, -0.2) is 37.0 Å². The van der Waals surface area contributed by atoms with Crippen molar-refractivity contribution in [1.29, 1.82) is 0 Å². The van der Waals surface area contributed by atoms with Gasteiger partial charge < -0.3 is 9.80 Å². The van der Waals surface area contributed by atoms with Gasteiger partial charge in [-0.3, -0.25) is 4.79 Å². The third-order valence-electron chi connectivity index (χ3n) is 4.76. The molecule has 25 heavy (non-hydrogen) atoms. The van der Waals surface area contributed by atoms with E-state index < -0.39 is 0 Å². The Morgan fingerprint density at radius 1 is 0.920 bits per heavy atom. The zero-order valence-electron chi connectivity index (χ0n) is 15.1. The molecule has 1 fully saturated rings. The summed E-state index contributed by atoms with van der Waals surface area (Å²) >= 11 is 0. The lowest BCUT2D eigenvalue weighted by Gasteiger charge is -2.36. The number of carbonyl (C=O) groups excluding carboxylic acids is 1. The van der Waals surface area contributed by atoms with Gasteiger partial charge in [0.1, 0.15) is 5.82 Å². The van der Waals surface area contributed by atoms with Gasteiger partial charge in [-0.1, -0.05) is 45.0 Å². The fraction of sp³-hybridized carbons (Fsp3) is 0.381. The number of piperazine rings is 1. The molecule has 1 saturated heterocycles. The van der Waals surface area contributed by atoms with Crippen LogP contribution in [0.1, 0.15) is 36.7 Å². The van der Waals surface area contributed by atoms with Gasteiger partial charge in [0, 0.05) is 31.7 Å². The SMILES string of the molecule is CC(C)(C)c1ccc(C(=O)N2CCN(c3ccccc3F)CC2)cc1. The van der Waals surface area contributed by atoms with Crippen molar-refractivity contribution in [2.24, 2.45) is 0 Å². The highest BCUT2D eigenvalue weighted by atomic mass is 19.1. The van der Waals surface area contributed by atoms with Crippen molar-refractivity contribution in [2.75, 3.05) is 31.1 Å². The number of benzene rings is 2. The molecular formula is C21H25FN2O. The molecular weight excluding hydrogens is 315 g/mol. The summed E-state index contributed by atoms with van der Waals surface area (Å²) in [7, 11) is 0. The van der Waals surface area contributed by atoms with Gasteiger partial charge in [0.05, 0.1) is 5.69 Å². The molecule has 0 aliphatic carbocycles. The first kappa shape index (κ1) is 17.5. The van der Waals surface area contributed by atoms with E-state index >= 15 is 0 Å². The number of hydrogen-bond donors (Lipinski definition) is 0. The number of anilines is 1. The van der Waals surface area contributed by atoms with Crippen LogP contribution in [0.5, 0.6) is 0 Å². The second-order valence-electron chi connectivity index (χ2n) is 7.56. The van der Waals surface area contributed by atoms with Gasteiger partial charge >= 0.3 is 0 Å². The molecule has 1 aliphatic rings. The molecule has 1 amide bonds. The molecule has 1 aliphatic heterocycles. The molecule has 0 bridgehead atoms. The number of hydrogen-bond acceptors (Lipinski definition) is 2. The van der Waals surface area contributed by atoms with Crippen LogP contribution in [0.2, 0.25) is 0 Å². The zero-order chi connectivity index (χ0) is 18.0. The maximum Gasteiger partial charge on any atom is 0.253 e. The van der Waals surface area contributed by atoms with E-state index in [1.165, 1.54) is 11.6 Å². The Balaban J connectivity index is 1.65. The van der Waals surface area contributed by atoms with Crippen molar-refractivity contribution in [3.8, 4) is 0 Å². The summed E-state index contributed by atoms with van der Waals surface area (Å²) < 4.78 is 13.9. The normalized spacial score (nSPS) is 15.4. The van der Waals surface area contributed by atoms with E-state index in [9.17, 15) is 9.18 Å². The van der Waals surface area contributed by atoms with Crippen molar-refractivity contribution in [3.63, 3.8) is 0 Å². The second-order valence-corrected chi connectivity index (χ2v) is 7.56. The lowest BCUT2D eigenvalue weighted by molar-refractivity contribution is 0.0746. The van der Waals surface area contributed by atoms with Gasteiger partial charge in [0.2, 0.25) is 0 Å². The molecule has 3 rings (SSSR count). The molecule has 0 saturated carbocycles. The summed E-state index contributed by atoms with van der Waals surface area (Å²) in [6, 6.07) is 14.7. The number of carbonyl (C=O) groups is 1. The molecule has 4 heteroatoms. The predicted octanol–water partition coefficient (Wildman–Crippen LogP) is 4.09. The van der Waals surface area contributed by atoms with Crippen LogP contribution in [0.4, 0.5) is 10.1 Å². The van der Waals surface area contributed by atoms with Crippen molar-refractivity contribution in [2.45, 2.75) is 26.2 Å². The fourth-order valence-electron chi connectivity index (χ4n) is 3.15. The highest BCUT2D eigenvalue weighted by Crippen LogP contribution is 2.23. The Morgan fingerprint density at radius 2 is 1.52 bits per heavy atom. The first-order valence-electron chi connectivity index (χ1n) is 8.75. The standard InChI is InChI=1S/C21H25FN2O/c1-21(2,3)17-10-8-16(9-11-17)20(25)24-14-12-23(13-15-24)19-7-5-4-6-18(19)22/h4-11H,12-15H2,1-3H3. The summed E-state index contributed by atoms with van der Waals surface area (Å²) in [6.45, 7) is 8.98. The van der Waals surface area contributed by atoms with E-state index in [0.717, 1.165) is 0 Å². The first-order valence-corrected chi connectivity index (χ1v) is 8.75. The maximum absolute atomic E-state index is 13.9. The van der Waals surface area contributed by atoms with Crippen molar-refractivity contribution in [1.82, 2.24) is 4.90 Å². The summed E-state index contributed by atoms with van der Waals surface area (Å²) in [5, 5.41) is 0. The van der Waals surface area contributed by atoms with Gasteiger partial charge in [0.15, 0.2) is 0 Å². The average Bonchev–Trinajstić information content (AvgIpc) is 2.61. The van der Waals surface area contributed by atoms with E-state index in [0.29, 0.717) is 37.4 Å². The van der Waals surface area contributed by atoms with Crippen LogP contribution in [0.15, 0.2) is 48.5 Å². The third kappa shape index (κ3) is 3.84. The van der Waals surface area contributed by atoms with Crippen LogP contribution in [0, 0.1) is 5.82 Å². The first-order chi connectivity index (χ1) is 11.9. The number of halogens is 1. The van der Waals surface area contributed by atoms with Crippen molar-refractivity contribution < 1.29 is 9.18 Å².